The van der Waals surface area contributed by atoms with Crippen LogP contribution in [0.2, 0.25) is 0 Å². The summed E-state index contributed by atoms with van der Waals surface area (Å²) in [7, 11) is 0. The molecule has 2 N–H and O–H groups in total. The fourth-order valence-electron chi connectivity index (χ4n) is 2.49. The molecule has 0 radical (unpaired) electrons. The van der Waals surface area contributed by atoms with Crippen LogP contribution in [-0.2, 0) is 6.42 Å². The van der Waals surface area contributed by atoms with Crippen molar-refractivity contribution < 1.29 is 0 Å². The van der Waals surface area contributed by atoms with E-state index >= 15 is 0 Å². The number of imidazole rings is 1. The Balaban J connectivity index is 1.52. The maximum absolute atomic E-state index is 4.64. The van der Waals surface area contributed by atoms with E-state index in [2.05, 4.69) is 44.9 Å². The molecule has 5 heteroatoms. The number of nitrogens with one attached hydrogen (secondary N) is 2. The van der Waals surface area contributed by atoms with Gasteiger partial charge in [0.2, 0.25) is 0 Å². The summed E-state index contributed by atoms with van der Waals surface area (Å²) >= 11 is 0. The quantitative estimate of drug-likeness (QED) is 0.684. The molecular formula is C16H21N5. The molecule has 0 bridgehead atoms. The third-order valence-corrected chi connectivity index (χ3v) is 3.83. The Bertz CT molecular complexity index is 679. The van der Waals surface area contributed by atoms with Crippen molar-refractivity contribution in [2.75, 3.05) is 6.54 Å². The van der Waals surface area contributed by atoms with Crippen molar-refractivity contribution in [3.05, 3.63) is 53.7 Å². The zero-order valence-electron chi connectivity index (χ0n) is 12.5. The number of hydrogen-bond acceptors (Lipinski definition) is 3. The van der Waals surface area contributed by atoms with Crippen molar-refractivity contribution >= 4 is 5.65 Å². The maximum atomic E-state index is 4.64. The van der Waals surface area contributed by atoms with Gasteiger partial charge < -0.3 is 9.72 Å². The van der Waals surface area contributed by atoms with Gasteiger partial charge in [-0.25, -0.2) is 4.98 Å². The summed E-state index contributed by atoms with van der Waals surface area (Å²) in [6.45, 7) is 5.19. The van der Waals surface area contributed by atoms with Crippen LogP contribution in [0.1, 0.15) is 36.3 Å². The van der Waals surface area contributed by atoms with E-state index in [4.69, 9.17) is 0 Å². The van der Waals surface area contributed by atoms with Gasteiger partial charge in [0.25, 0.3) is 0 Å². The molecule has 0 spiro atoms. The van der Waals surface area contributed by atoms with Crippen molar-refractivity contribution in [3.63, 3.8) is 0 Å². The topological polar surface area (TPSA) is 58.0 Å². The number of H-pyrrole nitrogens is 1. The second-order valence-corrected chi connectivity index (χ2v) is 5.43. The average Bonchev–Trinajstić information content (AvgIpc) is 3.09. The van der Waals surface area contributed by atoms with E-state index < -0.39 is 0 Å². The molecule has 3 heterocycles. The second kappa shape index (κ2) is 6.10. The highest BCUT2D eigenvalue weighted by Gasteiger charge is 2.09. The molecule has 5 nitrogen and oxygen atoms in total. The van der Waals surface area contributed by atoms with Crippen LogP contribution in [0.5, 0.6) is 0 Å². The zero-order chi connectivity index (χ0) is 14.7. The minimum Gasteiger partial charge on any atom is -0.309 e. The monoisotopic (exact) mass is 283 g/mol. The summed E-state index contributed by atoms with van der Waals surface area (Å²) in [5.74, 6) is 0. The van der Waals surface area contributed by atoms with E-state index in [-0.39, 0.29) is 6.04 Å². The highest BCUT2D eigenvalue weighted by atomic mass is 15.1. The predicted octanol–water partition coefficient (Wildman–Crippen LogP) is 2.65. The lowest BCUT2D eigenvalue weighted by molar-refractivity contribution is 0.549. The van der Waals surface area contributed by atoms with Crippen molar-refractivity contribution in [1.29, 1.82) is 0 Å². The molecule has 0 aliphatic rings. The van der Waals surface area contributed by atoms with Gasteiger partial charge in [-0.05, 0) is 50.9 Å². The fraction of sp³-hybridized carbons (Fsp3) is 0.375. The summed E-state index contributed by atoms with van der Waals surface area (Å²) in [5, 5.41) is 10.6. The molecule has 0 saturated heterocycles. The number of aryl methyl sites for hydroxylation is 2. The number of nitrogens with zero attached hydrogens (tertiary/aromatic N) is 3. The Morgan fingerprint density at radius 1 is 1.38 bits per heavy atom. The Hall–Kier alpha value is -2.14. The van der Waals surface area contributed by atoms with Gasteiger partial charge in [-0.3, -0.25) is 5.10 Å². The summed E-state index contributed by atoms with van der Waals surface area (Å²) in [4.78, 5) is 4.64. The van der Waals surface area contributed by atoms with Crippen LogP contribution >= 0.6 is 0 Å². The lowest BCUT2D eigenvalue weighted by Crippen LogP contribution is -2.20. The molecule has 0 saturated carbocycles. The highest BCUT2D eigenvalue weighted by molar-refractivity contribution is 5.39. The van der Waals surface area contributed by atoms with Gasteiger partial charge in [-0.15, -0.1) is 0 Å². The van der Waals surface area contributed by atoms with E-state index in [0.717, 1.165) is 30.7 Å². The van der Waals surface area contributed by atoms with E-state index in [9.17, 15) is 0 Å². The van der Waals surface area contributed by atoms with E-state index in [1.54, 1.807) is 0 Å². The summed E-state index contributed by atoms with van der Waals surface area (Å²) in [6.07, 6.45) is 8.18. The Kier molecular flexibility index (Phi) is 4.01. The molecule has 3 rings (SSSR count). The molecule has 3 aromatic rings. The summed E-state index contributed by atoms with van der Waals surface area (Å²) in [6, 6.07) is 6.31. The van der Waals surface area contributed by atoms with Gasteiger partial charge in [-0.1, -0.05) is 6.07 Å². The van der Waals surface area contributed by atoms with Gasteiger partial charge in [-0.2, -0.15) is 5.10 Å². The summed E-state index contributed by atoms with van der Waals surface area (Å²) < 4.78 is 2.06. The van der Waals surface area contributed by atoms with Crippen LogP contribution in [0.3, 0.4) is 0 Å². The lowest BCUT2D eigenvalue weighted by atomic mass is 10.1. The van der Waals surface area contributed by atoms with E-state index in [1.165, 1.54) is 11.3 Å². The Labute approximate surface area is 124 Å². The maximum Gasteiger partial charge on any atom is 0.137 e. The third-order valence-electron chi connectivity index (χ3n) is 3.83. The first-order valence-corrected chi connectivity index (χ1v) is 7.40. The molecule has 1 unspecified atom stereocenters. The smallest absolute Gasteiger partial charge is 0.137 e. The van der Waals surface area contributed by atoms with Crippen LogP contribution in [0, 0.1) is 6.92 Å². The van der Waals surface area contributed by atoms with Gasteiger partial charge in [0.15, 0.2) is 0 Å². The number of pyridine rings is 1. The number of rotatable bonds is 6. The van der Waals surface area contributed by atoms with Crippen LogP contribution in [0.15, 0.2) is 36.8 Å². The van der Waals surface area contributed by atoms with E-state index in [0.29, 0.717) is 0 Å². The van der Waals surface area contributed by atoms with Crippen LogP contribution in [-0.4, -0.2) is 26.1 Å². The number of aromatic amines is 1. The number of fused-ring (bicyclic) bond motifs is 1. The summed E-state index contributed by atoms with van der Waals surface area (Å²) in [5.41, 5.74) is 4.55. The molecule has 0 amide bonds. The van der Waals surface area contributed by atoms with Gasteiger partial charge in [0, 0.05) is 24.1 Å². The highest BCUT2D eigenvalue weighted by Crippen LogP contribution is 2.13. The first-order chi connectivity index (χ1) is 10.2. The molecule has 0 aliphatic heterocycles. The largest absolute Gasteiger partial charge is 0.309 e. The minimum absolute atomic E-state index is 0.260. The van der Waals surface area contributed by atoms with Crippen molar-refractivity contribution in [2.45, 2.75) is 32.7 Å². The first-order valence-electron chi connectivity index (χ1n) is 7.40. The lowest BCUT2D eigenvalue weighted by Gasteiger charge is -2.10. The van der Waals surface area contributed by atoms with Crippen molar-refractivity contribution in [1.82, 2.24) is 24.9 Å². The van der Waals surface area contributed by atoms with Crippen LogP contribution < -0.4 is 5.32 Å². The molecule has 110 valence electrons. The molecule has 0 aliphatic carbocycles. The number of aromatic nitrogens is 4. The van der Waals surface area contributed by atoms with Crippen LogP contribution in [0.4, 0.5) is 0 Å². The third kappa shape index (κ3) is 3.13. The van der Waals surface area contributed by atoms with Gasteiger partial charge in [0.05, 0.1) is 11.9 Å². The fourth-order valence-corrected chi connectivity index (χ4v) is 2.49. The normalized spacial score (nSPS) is 12.9. The van der Waals surface area contributed by atoms with Crippen molar-refractivity contribution in [3.8, 4) is 0 Å². The SMILES string of the molecule is Cc1[nH]ncc1CCCNC(C)c1cn2ccccc2n1. The van der Waals surface area contributed by atoms with Crippen LogP contribution in [0.25, 0.3) is 5.65 Å². The Morgan fingerprint density at radius 3 is 3.05 bits per heavy atom. The van der Waals surface area contributed by atoms with Gasteiger partial charge in [0.1, 0.15) is 5.65 Å². The standard InChI is InChI=1S/C16H21N5/c1-12-14(10-18-20-12)6-5-8-17-13(2)15-11-21-9-4-3-7-16(21)19-15/h3-4,7,9-11,13,17H,5-6,8H2,1-2H3,(H,18,20). The molecular weight excluding hydrogens is 262 g/mol. The van der Waals surface area contributed by atoms with Gasteiger partial charge >= 0.3 is 0 Å². The predicted molar refractivity (Wildman–Crippen MR) is 83.3 cm³/mol. The average molecular weight is 283 g/mol. The molecule has 0 fully saturated rings. The molecule has 21 heavy (non-hydrogen) atoms. The Morgan fingerprint density at radius 2 is 2.29 bits per heavy atom. The molecule has 0 aromatic carbocycles. The second-order valence-electron chi connectivity index (χ2n) is 5.43. The van der Waals surface area contributed by atoms with Crippen molar-refractivity contribution in [2.24, 2.45) is 0 Å². The molecule has 3 aromatic heterocycles. The zero-order valence-corrected chi connectivity index (χ0v) is 12.5. The first kappa shape index (κ1) is 13.8. The minimum atomic E-state index is 0.260. The number of hydrogen-bond donors (Lipinski definition) is 2. The molecule has 1 atom stereocenters. The van der Waals surface area contributed by atoms with E-state index in [1.807, 2.05) is 30.6 Å².